The summed E-state index contributed by atoms with van der Waals surface area (Å²) in [5.41, 5.74) is 11.1. The highest BCUT2D eigenvalue weighted by atomic mass is 79.9. The molecule has 2 aromatic carbocycles. The third kappa shape index (κ3) is 3.10. The van der Waals surface area contributed by atoms with Crippen molar-refractivity contribution in [3.8, 4) is 28.5 Å². The van der Waals surface area contributed by atoms with Crippen LogP contribution in [0.3, 0.4) is 0 Å². The zero-order valence-corrected chi connectivity index (χ0v) is 14.1. The maximum absolute atomic E-state index is 9.44. The van der Waals surface area contributed by atoms with Crippen LogP contribution in [0.5, 0.6) is 0 Å². The summed E-state index contributed by atoms with van der Waals surface area (Å²) in [5, 5.41) is 9.44. The summed E-state index contributed by atoms with van der Waals surface area (Å²) in [6, 6.07) is 20.0. The van der Waals surface area contributed by atoms with E-state index in [0.29, 0.717) is 5.56 Å². The first-order valence-electron chi connectivity index (χ1n) is 7.12. The van der Waals surface area contributed by atoms with Crippen LogP contribution in [0.2, 0.25) is 0 Å². The molecule has 0 aliphatic rings. The van der Waals surface area contributed by atoms with Gasteiger partial charge < -0.3 is 5.73 Å². The van der Waals surface area contributed by atoms with Crippen molar-refractivity contribution in [1.29, 1.82) is 5.26 Å². The first-order chi connectivity index (χ1) is 11.1. The minimum absolute atomic E-state index is 0.254. The zero-order chi connectivity index (χ0) is 16.4. The largest absolute Gasteiger partial charge is 0.383 e. The fraction of sp³-hybridized carbons (Fsp3) is 0.0526. The molecule has 0 radical (unpaired) electrons. The highest BCUT2D eigenvalue weighted by Crippen LogP contribution is 2.32. The number of hydrogen-bond acceptors (Lipinski definition) is 3. The zero-order valence-electron chi connectivity index (χ0n) is 12.5. The van der Waals surface area contributed by atoms with Crippen molar-refractivity contribution in [1.82, 2.24) is 4.98 Å². The Morgan fingerprint density at radius 2 is 1.78 bits per heavy atom. The molecule has 0 amide bonds. The molecule has 4 heteroatoms. The van der Waals surface area contributed by atoms with Gasteiger partial charge in [0.05, 0.1) is 5.69 Å². The van der Waals surface area contributed by atoms with Gasteiger partial charge in [-0.1, -0.05) is 51.8 Å². The Bertz CT molecular complexity index is 909. The molecule has 0 saturated carbocycles. The lowest BCUT2D eigenvalue weighted by molar-refractivity contribution is 1.30. The van der Waals surface area contributed by atoms with Crippen molar-refractivity contribution in [2.45, 2.75) is 6.92 Å². The van der Waals surface area contributed by atoms with Crippen molar-refractivity contribution >= 4 is 21.7 Å². The van der Waals surface area contributed by atoms with E-state index in [-0.39, 0.29) is 5.82 Å². The molecule has 3 aromatic rings. The molecular weight excluding hydrogens is 350 g/mol. The van der Waals surface area contributed by atoms with E-state index in [1.165, 1.54) is 0 Å². The van der Waals surface area contributed by atoms with Crippen LogP contribution >= 0.6 is 15.9 Å². The van der Waals surface area contributed by atoms with Gasteiger partial charge in [-0.15, -0.1) is 0 Å². The summed E-state index contributed by atoms with van der Waals surface area (Å²) in [6.45, 7) is 2.03. The summed E-state index contributed by atoms with van der Waals surface area (Å²) in [4.78, 5) is 4.41. The molecule has 0 bridgehead atoms. The maximum Gasteiger partial charge on any atom is 0.142 e. The molecule has 0 saturated heterocycles. The molecule has 1 aromatic heterocycles. The number of nitrogen functional groups attached to an aromatic ring is 1. The van der Waals surface area contributed by atoms with Crippen molar-refractivity contribution in [2.75, 3.05) is 5.73 Å². The summed E-state index contributed by atoms with van der Waals surface area (Å²) in [7, 11) is 0. The Labute approximate surface area is 143 Å². The lowest BCUT2D eigenvalue weighted by Gasteiger charge is -2.11. The van der Waals surface area contributed by atoms with E-state index in [0.717, 1.165) is 32.4 Å². The molecule has 0 aliphatic carbocycles. The maximum atomic E-state index is 9.44. The van der Waals surface area contributed by atoms with E-state index < -0.39 is 0 Å². The molecule has 0 spiro atoms. The number of pyridine rings is 1. The Kier molecular flexibility index (Phi) is 4.14. The number of nitrogens with two attached hydrogens (primary N) is 1. The van der Waals surface area contributed by atoms with Crippen molar-refractivity contribution in [3.63, 3.8) is 0 Å². The molecule has 3 rings (SSSR count). The van der Waals surface area contributed by atoms with Crippen LogP contribution in [-0.2, 0) is 0 Å². The number of anilines is 1. The van der Waals surface area contributed by atoms with Crippen molar-refractivity contribution in [3.05, 3.63) is 70.2 Å². The minimum Gasteiger partial charge on any atom is -0.383 e. The minimum atomic E-state index is 0.254. The summed E-state index contributed by atoms with van der Waals surface area (Å²) in [6.07, 6.45) is 0. The Hall–Kier alpha value is -2.64. The van der Waals surface area contributed by atoms with Crippen LogP contribution in [0, 0.1) is 18.3 Å². The molecule has 1 heterocycles. The Morgan fingerprint density at radius 1 is 1.04 bits per heavy atom. The second-order valence-corrected chi connectivity index (χ2v) is 6.22. The highest BCUT2D eigenvalue weighted by molar-refractivity contribution is 9.10. The summed E-state index contributed by atoms with van der Waals surface area (Å²) in [5.74, 6) is 0.254. The van der Waals surface area contributed by atoms with Crippen LogP contribution in [0.4, 0.5) is 5.82 Å². The van der Waals surface area contributed by atoms with E-state index in [4.69, 9.17) is 5.73 Å². The van der Waals surface area contributed by atoms with Crippen LogP contribution in [0.25, 0.3) is 22.4 Å². The number of benzene rings is 2. The van der Waals surface area contributed by atoms with Gasteiger partial charge in [-0.25, -0.2) is 4.98 Å². The van der Waals surface area contributed by atoms with Gasteiger partial charge in [-0.05, 0) is 36.8 Å². The second-order valence-electron chi connectivity index (χ2n) is 5.30. The summed E-state index contributed by atoms with van der Waals surface area (Å²) < 4.78 is 0.987. The quantitative estimate of drug-likeness (QED) is 0.701. The first-order valence-corrected chi connectivity index (χ1v) is 7.91. The number of aromatic nitrogens is 1. The fourth-order valence-electron chi connectivity index (χ4n) is 2.49. The molecule has 0 aliphatic heterocycles. The number of hydrogen-bond donors (Lipinski definition) is 1. The highest BCUT2D eigenvalue weighted by Gasteiger charge is 2.13. The lowest BCUT2D eigenvalue weighted by Crippen LogP contribution is -1.99. The lowest BCUT2D eigenvalue weighted by atomic mass is 9.98. The molecule has 3 nitrogen and oxygen atoms in total. The average molecular weight is 364 g/mol. The second kappa shape index (κ2) is 6.23. The molecule has 23 heavy (non-hydrogen) atoms. The number of aryl methyl sites for hydroxylation is 1. The van der Waals surface area contributed by atoms with E-state index in [9.17, 15) is 5.26 Å². The topological polar surface area (TPSA) is 62.7 Å². The number of halogens is 1. The van der Waals surface area contributed by atoms with Gasteiger partial charge >= 0.3 is 0 Å². The molecule has 112 valence electrons. The van der Waals surface area contributed by atoms with Crippen molar-refractivity contribution in [2.24, 2.45) is 0 Å². The van der Waals surface area contributed by atoms with Gasteiger partial charge in [0.15, 0.2) is 0 Å². The predicted molar refractivity (Wildman–Crippen MR) is 96.7 cm³/mol. The normalized spacial score (nSPS) is 10.3. The molecule has 0 unspecified atom stereocenters. The SMILES string of the molecule is Cc1cccc(-c2cc(-c3ccc(Br)cc3)c(C#N)c(N)n2)c1. The van der Waals surface area contributed by atoms with Gasteiger partial charge in [-0.3, -0.25) is 0 Å². The Morgan fingerprint density at radius 3 is 2.43 bits per heavy atom. The van der Waals surface area contributed by atoms with Gasteiger partial charge in [0.2, 0.25) is 0 Å². The smallest absolute Gasteiger partial charge is 0.142 e. The van der Waals surface area contributed by atoms with Crippen molar-refractivity contribution < 1.29 is 0 Å². The third-order valence-electron chi connectivity index (χ3n) is 3.63. The molecular formula is C19H14BrN3. The van der Waals surface area contributed by atoms with E-state index in [2.05, 4.69) is 33.0 Å². The summed E-state index contributed by atoms with van der Waals surface area (Å²) >= 11 is 3.43. The number of nitriles is 1. The van der Waals surface area contributed by atoms with Gasteiger partial charge in [-0.2, -0.15) is 5.26 Å². The van der Waals surface area contributed by atoms with E-state index in [1.54, 1.807) is 0 Å². The van der Waals surface area contributed by atoms with Gasteiger partial charge in [0.1, 0.15) is 17.5 Å². The number of rotatable bonds is 2. The predicted octanol–water partition coefficient (Wildman–Crippen LogP) is 4.94. The van der Waals surface area contributed by atoms with Gasteiger partial charge in [0, 0.05) is 15.6 Å². The third-order valence-corrected chi connectivity index (χ3v) is 4.16. The molecule has 0 atom stereocenters. The van der Waals surface area contributed by atoms with E-state index >= 15 is 0 Å². The fourth-order valence-corrected chi connectivity index (χ4v) is 2.76. The average Bonchev–Trinajstić information content (AvgIpc) is 2.55. The van der Waals surface area contributed by atoms with Gasteiger partial charge in [0.25, 0.3) is 0 Å². The first kappa shape index (κ1) is 15.3. The number of nitrogens with zero attached hydrogens (tertiary/aromatic N) is 2. The van der Waals surface area contributed by atoms with Crippen LogP contribution in [-0.4, -0.2) is 4.98 Å². The monoisotopic (exact) mass is 363 g/mol. The molecule has 0 fully saturated rings. The van der Waals surface area contributed by atoms with Crippen LogP contribution in [0.1, 0.15) is 11.1 Å². The van der Waals surface area contributed by atoms with Crippen LogP contribution < -0.4 is 5.73 Å². The Balaban J connectivity index is 2.22. The molecule has 2 N–H and O–H groups in total. The van der Waals surface area contributed by atoms with Crippen LogP contribution in [0.15, 0.2) is 59.1 Å². The standard InChI is InChI=1S/C19H14BrN3/c1-12-3-2-4-14(9-12)18-10-16(17(11-21)19(22)23-18)13-5-7-15(20)8-6-13/h2-10H,1H3,(H2,22,23). The van der Waals surface area contributed by atoms with E-state index in [1.807, 2.05) is 55.5 Å².